The molecule has 0 saturated heterocycles. The molecule has 0 aliphatic carbocycles. The molecule has 0 aliphatic heterocycles. The zero-order valence-electron chi connectivity index (χ0n) is 11.2. The highest BCUT2D eigenvalue weighted by molar-refractivity contribution is 6.32. The lowest BCUT2D eigenvalue weighted by Gasteiger charge is -2.08. The van der Waals surface area contributed by atoms with Crippen molar-refractivity contribution in [2.24, 2.45) is 7.05 Å². The molecule has 2 N–H and O–H groups in total. The van der Waals surface area contributed by atoms with Gasteiger partial charge in [0.15, 0.2) is 5.82 Å². The molecule has 0 bridgehead atoms. The molecule has 0 aliphatic rings. The zero-order valence-corrected chi connectivity index (χ0v) is 12.0. The van der Waals surface area contributed by atoms with Crippen LogP contribution in [-0.4, -0.2) is 26.3 Å². The molecule has 0 unspecified atom stereocenters. The highest BCUT2D eigenvalue weighted by Crippen LogP contribution is 2.20. The van der Waals surface area contributed by atoms with Gasteiger partial charge in [0.25, 0.3) is 0 Å². The summed E-state index contributed by atoms with van der Waals surface area (Å²) in [5.74, 6) is 1.19. The molecule has 0 spiro atoms. The molecule has 6 nitrogen and oxygen atoms in total. The predicted octanol–water partition coefficient (Wildman–Crippen LogP) is 2.22. The summed E-state index contributed by atoms with van der Waals surface area (Å²) >= 11 is 6.07. The number of aromatic nitrogens is 4. The lowest BCUT2D eigenvalue weighted by molar-refractivity contribution is 0.756. The lowest BCUT2D eigenvalue weighted by atomic mass is 10.2. The van der Waals surface area contributed by atoms with Gasteiger partial charge in [0.1, 0.15) is 5.02 Å². The van der Waals surface area contributed by atoms with Gasteiger partial charge in [0.05, 0.1) is 11.9 Å². The van der Waals surface area contributed by atoms with E-state index in [0.717, 1.165) is 17.8 Å². The number of nitrogens with zero attached hydrogens (tertiary/aromatic N) is 4. The Labute approximate surface area is 117 Å². The summed E-state index contributed by atoms with van der Waals surface area (Å²) in [4.78, 5) is 8.42. The molecule has 2 rings (SSSR count). The number of anilines is 2. The second-order valence-electron chi connectivity index (χ2n) is 4.19. The van der Waals surface area contributed by atoms with Crippen LogP contribution < -0.4 is 10.6 Å². The van der Waals surface area contributed by atoms with Crippen molar-refractivity contribution in [2.45, 2.75) is 20.4 Å². The summed E-state index contributed by atoms with van der Waals surface area (Å²) in [7, 11) is 1.90. The molecular weight excluding hydrogens is 264 g/mol. The minimum Gasteiger partial charge on any atom is -0.364 e. The van der Waals surface area contributed by atoms with Crippen LogP contribution in [0.15, 0.2) is 12.4 Å². The summed E-state index contributed by atoms with van der Waals surface area (Å²) in [5.41, 5.74) is 2.11. The van der Waals surface area contributed by atoms with Crippen molar-refractivity contribution in [1.82, 2.24) is 19.7 Å². The maximum absolute atomic E-state index is 6.07. The fourth-order valence-electron chi connectivity index (χ4n) is 1.74. The van der Waals surface area contributed by atoms with Gasteiger partial charge in [-0.15, -0.1) is 0 Å². The highest BCUT2D eigenvalue weighted by Gasteiger charge is 2.07. The second-order valence-corrected chi connectivity index (χ2v) is 4.59. The van der Waals surface area contributed by atoms with Gasteiger partial charge in [-0.2, -0.15) is 10.1 Å². The number of hydrogen-bond donors (Lipinski definition) is 2. The van der Waals surface area contributed by atoms with Gasteiger partial charge in [0.2, 0.25) is 5.95 Å². The molecule has 102 valence electrons. The third-order valence-electron chi connectivity index (χ3n) is 2.64. The van der Waals surface area contributed by atoms with E-state index in [1.54, 1.807) is 10.9 Å². The SMILES string of the molecule is CCNc1ncc(Cl)c(NCc2cn(C)nc2C)n1. The molecule has 0 radical (unpaired) electrons. The first-order valence-electron chi connectivity index (χ1n) is 6.09. The Morgan fingerprint density at radius 2 is 2.16 bits per heavy atom. The van der Waals surface area contributed by atoms with Crippen molar-refractivity contribution in [3.05, 3.63) is 28.7 Å². The van der Waals surface area contributed by atoms with Gasteiger partial charge in [-0.3, -0.25) is 4.68 Å². The Morgan fingerprint density at radius 3 is 2.79 bits per heavy atom. The average Bonchev–Trinajstić information content (AvgIpc) is 2.69. The Hall–Kier alpha value is -1.82. The normalized spacial score (nSPS) is 10.5. The number of nitrogens with one attached hydrogen (secondary N) is 2. The summed E-state index contributed by atoms with van der Waals surface area (Å²) in [6.07, 6.45) is 3.56. The molecule has 2 heterocycles. The van der Waals surface area contributed by atoms with Crippen molar-refractivity contribution in [3.8, 4) is 0 Å². The lowest BCUT2D eigenvalue weighted by Crippen LogP contribution is -2.07. The van der Waals surface area contributed by atoms with Crippen LogP contribution in [0.4, 0.5) is 11.8 Å². The maximum atomic E-state index is 6.07. The van der Waals surface area contributed by atoms with Crippen LogP contribution in [0.1, 0.15) is 18.2 Å². The monoisotopic (exact) mass is 280 g/mol. The van der Waals surface area contributed by atoms with Crippen LogP contribution in [0.5, 0.6) is 0 Å². The van der Waals surface area contributed by atoms with E-state index in [0.29, 0.717) is 23.3 Å². The van der Waals surface area contributed by atoms with E-state index < -0.39 is 0 Å². The minimum atomic E-state index is 0.503. The number of rotatable bonds is 5. The smallest absolute Gasteiger partial charge is 0.224 e. The highest BCUT2D eigenvalue weighted by atomic mass is 35.5. The van der Waals surface area contributed by atoms with E-state index in [1.165, 1.54) is 0 Å². The molecule has 7 heteroatoms. The fourth-order valence-corrected chi connectivity index (χ4v) is 1.89. The molecule has 0 atom stereocenters. The first-order valence-corrected chi connectivity index (χ1v) is 6.47. The predicted molar refractivity (Wildman–Crippen MR) is 76.5 cm³/mol. The largest absolute Gasteiger partial charge is 0.364 e. The molecule has 2 aromatic heterocycles. The van der Waals surface area contributed by atoms with E-state index in [1.807, 2.05) is 27.1 Å². The third-order valence-corrected chi connectivity index (χ3v) is 2.92. The van der Waals surface area contributed by atoms with E-state index in [4.69, 9.17) is 11.6 Å². The third kappa shape index (κ3) is 3.35. The van der Waals surface area contributed by atoms with Crippen LogP contribution >= 0.6 is 11.6 Å². The van der Waals surface area contributed by atoms with Crippen molar-refractivity contribution < 1.29 is 0 Å². The van der Waals surface area contributed by atoms with Gasteiger partial charge in [0, 0.05) is 31.9 Å². The van der Waals surface area contributed by atoms with Crippen LogP contribution in [0.25, 0.3) is 0 Å². The number of halogens is 1. The first kappa shape index (κ1) is 13.6. The Kier molecular flexibility index (Phi) is 4.21. The second kappa shape index (κ2) is 5.88. The first-order chi connectivity index (χ1) is 9.10. The number of hydrogen-bond acceptors (Lipinski definition) is 5. The van der Waals surface area contributed by atoms with Crippen LogP contribution in [0, 0.1) is 6.92 Å². The van der Waals surface area contributed by atoms with E-state index in [2.05, 4.69) is 25.7 Å². The van der Waals surface area contributed by atoms with Gasteiger partial charge < -0.3 is 10.6 Å². The maximum Gasteiger partial charge on any atom is 0.224 e. The number of aryl methyl sites for hydroxylation is 2. The summed E-state index contributed by atoms with van der Waals surface area (Å²) in [6, 6.07) is 0. The van der Waals surface area contributed by atoms with Crippen molar-refractivity contribution in [3.63, 3.8) is 0 Å². The molecule has 0 saturated carbocycles. The van der Waals surface area contributed by atoms with Crippen LogP contribution in [0.3, 0.4) is 0 Å². The van der Waals surface area contributed by atoms with Gasteiger partial charge in [-0.05, 0) is 13.8 Å². The molecule has 19 heavy (non-hydrogen) atoms. The quantitative estimate of drug-likeness (QED) is 0.879. The Balaban J connectivity index is 2.10. The van der Waals surface area contributed by atoms with Gasteiger partial charge in [-0.1, -0.05) is 11.6 Å². The van der Waals surface area contributed by atoms with Gasteiger partial charge >= 0.3 is 0 Å². The molecule has 0 fully saturated rings. The summed E-state index contributed by atoms with van der Waals surface area (Å²) in [5, 5.41) is 11.1. The van der Waals surface area contributed by atoms with E-state index in [9.17, 15) is 0 Å². The molecule has 2 aromatic rings. The van der Waals surface area contributed by atoms with Crippen LogP contribution in [-0.2, 0) is 13.6 Å². The topological polar surface area (TPSA) is 67.7 Å². The standard InChI is InChI=1S/C12H17ClN6/c1-4-14-12-16-6-10(13)11(17-12)15-5-9-7-19(3)18-8(9)2/h6-7H,4-5H2,1-3H3,(H2,14,15,16,17). The van der Waals surface area contributed by atoms with Crippen molar-refractivity contribution in [2.75, 3.05) is 17.2 Å². The molecule has 0 aromatic carbocycles. The van der Waals surface area contributed by atoms with Gasteiger partial charge in [-0.25, -0.2) is 4.98 Å². The molecule has 0 amide bonds. The van der Waals surface area contributed by atoms with Crippen LogP contribution in [0.2, 0.25) is 5.02 Å². The average molecular weight is 281 g/mol. The van der Waals surface area contributed by atoms with Crippen molar-refractivity contribution >= 4 is 23.4 Å². The van der Waals surface area contributed by atoms with E-state index >= 15 is 0 Å². The Bertz CT molecular complexity index is 565. The summed E-state index contributed by atoms with van der Waals surface area (Å²) in [6.45, 7) is 5.36. The zero-order chi connectivity index (χ0) is 13.8. The molecular formula is C12H17ClN6. The summed E-state index contributed by atoms with van der Waals surface area (Å²) < 4.78 is 1.79. The minimum absolute atomic E-state index is 0.503. The van der Waals surface area contributed by atoms with Crippen molar-refractivity contribution in [1.29, 1.82) is 0 Å². The fraction of sp³-hybridized carbons (Fsp3) is 0.417. The Morgan fingerprint density at radius 1 is 1.37 bits per heavy atom. The van der Waals surface area contributed by atoms with E-state index in [-0.39, 0.29) is 0 Å².